The summed E-state index contributed by atoms with van der Waals surface area (Å²) in [5.74, 6) is 0.581. The lowest BCUT2D eigenvalue weighted by molar-refractivity contribution is -0.130. The SMILES string of the molecule is COc1cccc(CN(C)C(=O)CCNC(=O)c2ccc(C(C)(C)C)cc2)c1. The lowest BCUT2D eigenvalue weighted by Gasteiger charge is -2.19. The van der Waals surface area contributed by atoms with Crippen LogP contribution in [0.15, 0.2) is 48.5 Å². The molecule has 0 radical (unpaired) electrons. The molecule has 0 aliphatic carbocycles. The van der Waals surface area contributed by atoms with Crippen molar-refractivity contribution >= 4 is 11.8 Å². The first kappa shape index (κ1) is 21.5. The quantitative estimate of drug-likeness (QED) is 0.793. The van der Waals surface area contributed by atoms with Crippen LogP contribution in [0.25, 0.3) is 0 Å². The summed E-state index contributed by atoms with van der Waals surface area (Å²) in [6.45, 7) is 7.21. The van der Waals surface area contributed by atoms with Gasteiger partial charge in [-0.3, -0.25) is 9.59 Å². The highest BCUT2D eigenvalue weighted by atomic mass is 16.5. The highest BCUT2D eigenvalue weighted by Gasteiger charge is 2.15. The zero-order chi connectivity index (χ0) is 20.7. The van der Waals surface area contributed by atoms with Crippen molar-refractivity contribution in [1.82, 2.24) is 10.2 Å². The number of methoxy groups -OCH3 is 1. The maximum absolute atomic E-state index is 12.3. The Hall–Kier alpha value is -2.82. The fourth-order valence-corrected chi connectivity index (χ4v) is 2.83. The molecule has 2 rings (SSSR count). The van der Waals surface area contributed by atoms with E-state index in [0.29, 0.717) is 18.7 Å². The van der Waals surface area contributed by atoms with Crippen molar-refractivity contribution in [3.8, 4) is 5.75 Å². The van der Waals surface area contributed by atoms with Gasteiger partial charge >= 0.3 is 0 Å². The van der Waals surface area contributed by atoms with E-state index in [1.165, 1.54) is 5.56 Å². The molecule has 2 amide bonds. The molecule has 5 heteroatoms. The third-order valence-electron chi connectivity index (χ3n) is 4.62. The molecule has 150 valence electrons. The molecule has 0 spiro atoms. The largest absolute Gasteiger partial charge is 0.497 e. The van der Waals surface area contributed by atoms with Gasteiger partial charge in [-0.1, -0.05) is 45.0 Å². The standard InChI is InChI=1S/C23H30N2O3/c1-23(2,3)19-11-9-18(10-12-19)22(27)24-14-13-21(26)25(4)16-17-7-6-8-20(15-17)28-5/h6-12,15H,13-14,16H2,1-5H3,(H,24,27). The van der Waals surface area contributed by atoms with Crippen LogP contribution in [0.3, 0.4) is 0 Å². The van der Waals surface area contributed by atoms with E-state index < -0.39 is 0 Å². The first-order valence-electron chi connectivity index (χ1n) is 9.46. The lowest BCUT2D eigenvalue weighted by atomic mass is 9.87. The van der Waals surface area contributed by atoms with E-state index in [1.54, 1.807) is 19.1 Å². The summed E-state index contributed by atoms with van der Waals surface area (Å²) in [5, 5.41) is 2.82. The van der Waals surface area contributed by atoms with E-state index in [-0.39, 0.29) is 23.7 Å². The average molecular weight is 383 g/mol. The van der Waals surface area contributed by atoms with Crippen molar-refractivity contribution in [2.45, 2.75) is 39.2 Å². The van der Waals surface area contributed by atoms with Crippen molar-refractivity contribution in [3.05, 3.63) is 65.2 Å². The first-order valence-corrected chi connectivity index (χ1v) is 9.46. The molecule has 1 N–H and O–H groups in total. The Balaban J connectivity index is 1.81. The monoisotopic (exact) mass is 382 g/mol. The molecule has 0 unspecified atom stereocenters. The number of benzene rings is 2. The molecule has 0 saturated heterocycles. The Kier molecular flexibility index (Phi) is 7.21. The number of nitrogens with one attached hydrogen (secondary N) is 1. The molecule has 0 bridgehead atoms. The van der Waals surface area contributed by atoms with Gasteiger partial charge in [-0.05, 0) is 40.8 Å². The predicted molar refractivity (Wildman–Crippen MR) is 112 cm³/mol. The number of hydrogen-bond donors (Lipinski definition) is 1. The zero-order valence-electron chi connectivity index (χ0n) is 17.4. The topological polar surface area (TPSA) is 58.6 Å². The van der Waals surface area contributed by atoms with Gasteiger partial charge in [0.15, 0.2) is 0 Å². The van der Waals surface area contributed by atoms with Crippen molar-refractivity contribution in [1.29, 1.82) is 0 Å². The third-order valence-corrected chi connectivity index (χ3v) is 4.62. The summed E-state index contributed by atoms with van der Waals surface area (Å²) in [7, 11) is 3.38. The molecular formula is C23H30N2O3. The van der Waals surface area contributed by atoms with Gasteiger partial charge in [-0.15, -0.1) is 0 Å². The Morgan fingerprint density at radius 1 is 1.07 bits per heavy atom. The minimum Gasteiger partial charge on any atom is -0.497 e. The molecule has 0 aliphatic rings. The van der Waals surface area contributed by atoms with Crippen molar-refractivity contribution in [2.75, 3.05) is 20.7 Å². The van der Waals surface area contributed by atoms with Gasteiger partial charge in [0, 0.05) is 32.1 Å². The number of carbonyl (C=O) groups excluding carboxylic acids is 2. The van der Waals surface area contributed by atoms with Crippen LogP contribution in [0.2, 0.25) is 0 Å². The molecule has 0 heterocycles. The minimum absolute atomic E-state index is 0.0220. The van der Waals surface area contributed by atoms with E-state index in [2.05, 4.69) is 26.1 Å². The minimum atomic E-state index is -0.163. The summed E-state index contributed by atoms with van der Waals surface area (Å²) < 4.78 is 5.21. The molecule has 28 heavy (non-hydrogen) atoms. The van der Waals surface area contributed by atoms with E-state index in [4.69, 9.17) is 4.74 Å². The smallest absolute Gasteiger partial charge is 0.251 e. The zero-order valence-corrected chi connectivity index (χ0v) is 17.4. The molecule has 0 aliphatic heterocycles. The summed E-state index contributed by atoms with van der Waals surface area (Å²) in [4.78, 5) is 26.2. The fourth-order valence-electron chi connectivity index (χ4n) is 2.83. The first-order chi connectivity index (χ1) is 13.2. The maximum atomic E-state index is 12.3. The van der Waals surface area contributed by atoms with E-state index in [0.717, 1.165) is 11.3 Å². The van der Waals surface area contributed by atoms with E-state index >= 15 is 0 Å². The second-order valence-corrected chi connectivity index (χ2v) is 7.93. The summed E-state index contributed by atoms with van der Waals surface area (Å²) >= 11 is 0. The number of nitrogens with zero attached hydrogens (tertiary/aromatic N) is 1. The van der Waals surface area contributed by atoms with Crippen molar-refractivity contribution in [3.63, 3.8) is 0 Å². The van der Waals surface area contributed by atoms with Crippen molar-refractivity contribution in [2.24, 2.45) is 0 Å². The molecular weight excluding hydrogens is 352 g/mol. The molecule has 0 atom stereocenters. The van der Waals surface area contributed by atoms with Crippen LogP contribution in [0.1, 0.15) is 48.7 Å². The Bertz CT molecular complexity index is 807. The molecule has 0 saturated carbocycles. The fraction of sp³-hybridized carbons (Fsp3) is 0.391. The predicted octanol–water partition coefficient (Wildman–Crippen LogP) is 3.77. The van der Waals surface area contributed by atoms with Crippen LogP contribution in [0.4, 0.5) is 0 Å². The van der Waals surface area contributed by atoms with Gasteiger partial charge in [-0.2, -0.15) is 0 Å². The molecule has 0 fully saturated rings. The van der Waals surface area contributed by atoms with Gasteiger partial charge in [-0.25, -0.2) is 0 Å². The second-order valence-electron chi connectivity index (χ2n) is 7.93. The summed E-state index contributed by atoms with van der Waals surface area (Å²) in [5.41, 5.74) is 2.83. The maximum Gasteiger partial charge on any atom is 0.251 e. The number of ether oxygens (including phenoxy) is 1. The average Bonchev–Trinajstić information content (AvgIpc) is 2.67. The Labute approximate surface area is 167 Å². The third kappa shape index (κ3) is 6.12. The number of hydrogen-bond acceptors (Lipinski definition) is 3. The molecule has 0 aromatic heterocycles. The molecule has 2 aromatic carbocycles. The van der Waals surface area contributed by atoms with Crippen LogP contribution in [0, 0.1) is 0 Å². The van der Waals surface area contributed by atoms with Crippen LogP contribution in [-0.4, -0.2) is 37.4 Å². The van der Waals surface area contributed by atoms with Gasteiger partial charge in [0.25, 0.3) is 5.91 Å². The summed E-state index contributed by atoms with van der Waals surface area (Å²) in [6.07, 6.45) is 0.256. The van der Waals surface area contributed by atoms with Crippen molar-refractivity contribution < 1.29 is 14.3 Å². The normalized spacial score (nSPS) is 11.0. The van der Waals surface area contributed by atoms with Crippen LogP contribution in [0.5, 0.6) is 5.75 Å². The molecule has 5 nitrogen and oxygen atoms in total. The summed E-state index contributed by atoms with van der Waals surface area (Å²) in [6, 6.07) is 15.2. The van der Waals surface area contributed by atoms with Crippen LogP contribution >= 0.6 is 0 Å². The van der Waals surface area contributed by atoms with Gasteiger partial charge in [0.1, 0.15) is 5.75 Å². The van der Waals surface area contributed by atoms with E-state index in [1.807, 2.05) is 48.5 Å². The lowest BCUT2D eigenvalue weighted by Crippen LogP contribution is -2.31. The number of carbonyl (C=O) groups is 2. The van der Waals surface area contributed by atoms with E-state index in [9.17, 15) is 9.59 Å². The number of rotatable bonds is 7. The highest BCUT2D eigenvalue weighted by Crippen LogP contribution is 2.22. The number of amides is 2. The van der Waals surface area contributed by atoms with Gasteiger partial charge < -0.3 is 15.0 Å². The van der Waals surface area contributed by atoms with Gasteiger partial charge in [0.05, 0.1) is 7.11 Å². The Morgan fingerprint density at radius 3 is 2.36 bits per heavy atom. The Morgan fingerprint density at radius 2 is 1.75 bits per heavy atom. The van der Waals surface area contributed by atoms with Crippen LogP contribution < -0.4 is 10.1 Å². The van der Waals surface area contributed by atoms with Crippen LogP contribution in [-0.2, 0) is 16.8 Å². The highest BCUT2D eigenvalue weighted by molar-refractivity contribution is 5.94. The second kappa shape index (κ2) is 9.40. The molecule has 2 aromatic rings. The van der Waals surface area contributed by atoms with Gasteiger partial charge in [0.2, 0.25) is 5.91 Å².